The fraction of sp³-hybridized carbons (Fsp3) is 0.667. The van der Waals surface area contributed by atoms with Crippen molar-refractivity contribution in [3.63, 3.8) is 0 Å². The lowest BCUT2D eigenvalue weighted by molar-refractivity contribution is 0.0236. The summed E-state index contributed by atoms with van der Waals surface area (Å²) in [6, 6.07) is 1.75. The summed E-state index contributed by atoms with van der Waals surface area (Å²) in [5.41, 5.74) is 1.02. The molecule has 1 aliphatic rings. The van der Waals surface area contributed by atoms with Crippen LogP contribution in [0.25, 0.3) is 0 Å². The molecule has 1 aromatic heterocycles. The molecule has 1 fully saturated rings. The molecule has 2 N–H and O–H groups in total. The molecule has 0 spiro atoms. The Morgan fingerprint density at radius 3 is 2.74 bits per heavy atom. The maximum atomic E-state index is 12.2. The predicted octanol–water partition coefficient (Wildman–Crippen LogP) is 1.23. The van der Waals surface area contributed by atoms with E-state index >= 15 is 0 Å². The predicted molar refractivity (Wildman–Crippen MR) is 76.0 cm³/mol. The molecule has 1 aromatic rings. The third kappa shape index (κ3) is 3.35. The lowest BCUT2D eigenvalue weighted by Gasteiger charge is -2.34. The summed E-state index contributed by atoms with van der Waals surface area (Å²) in [5.74, 6) is 0. The van der Waals surface area contributed by atoms with Crippen LogP contribution in [0.4, 0.5) is 0 Å². The molecule has 0 radical (unpaired) electrons. The quantitative estimate of drug-likeness (QED) is 0.829. The first-order chi connectivity index (χ1) is 8.96. The zero-order valence-electron chi connectivity index (χ0n) is 11.4. The summed E-state index contributed by atoms with van der Waals surface area (Å²) in [6.07, 6.45) is 1.70. The van der Waals surface area contributed by atoms with Crippen LogP contribution in [0.2, 0.25) is 0 Å². The van der Waals surface area contributed by atoms with Crippen LogP contribution in [-0.2, 0) is 21.3 Å². The molecule has 7 heteroatoms. The van der Waals surface area contributed by atoms with E-state index in [9.17, 15) is 8.42 Å². The minimum Gasteiger partial charge on any atom is -0.381 e. The normalized spacial score (nSPS) is 23.3. The highest BCUT2D eigenvalue weighted by Crippen LogP contribution is 2.29. The molecule has 2 rings (SSSR count). The second-order valence-corrected chi connectivity index (χ2v) is 7.93. The molecule has 5 nitrogen and oxygen atoms in total. The number of hydrogen-bond donors (Lipinski definition) is 2. The van der Waals surface area contributed by atoms with Gasteiger partial charge in [-0.3, -0.25) is 0 Å². The van der Waals surface area contributed by atoms with Crippen molar-refractivity contribution in [1.29, 1.82) is 0 Å². The van der Waals surface area contributed by atoms with Gasteiger partial charge in [0.2, 0.25) is 10.0 Å². The van der Waals surface area contributed by atoms with Gasteiger partial charge in [0.1, 0.15) is 4.21 Å². The van der Waals surface area contributed by atoms with Crippen molar-refractivity contribution < 1.29 is 13.2 Å². The minimum absolute atomic E-state index is 0.00473. The van der Waals surface area contributed by atoms with E-state index in [1.165, 1.54) is 11.3 Å². The number of hydrogen-bond acceptors (Lipinski definition) is 5. The second-order valence-electron chi connectivity index (χ2n) is 4.85. The van der Waals surface area contributed by atoms with Crippen LogP contribution in [0, 0.1) is 6.92 Å². The summed E-state index contributed by atoms with van der Waals surface area (Å²) in [7, 11) is 0.120. The van der Waals surface area contributed by atoms with Crippen molar-refractivity contribution in [3.8, 4) is 0 Å². The first-order valence-electron chi connectivity index (χ1n) is 6.25. The molecule has 19 heavy (non-hydrogen) atoms. The van der Waals surface area contributed by atoms with Crippen molar-refractivity contribution in [2.45, 2.75) is 42.7 Å². The molecule has 1 saturated carbocycles. The number of nitrogens with one attached hydrogen (secondary N) is 2. The maximum Gasteiger partial charge on any atom is 0.250 e. The average molecular weight is 304 g/mol. The zero-order valence-corrected chi connectivity index (χ0v) is 13.0. The van der Waals surface area contributed by atoms with E-state index in [2.05, 4.69) is 10.0 Å². The third-order valence-electron chi connectivity index (χ3n) is 3.35. The molecule has 0 saturated heterocycles. The number of sulfonamides is 1. The fourth-order valence-corrected chi connectivity index (χ4v) is 4.97. The van der Waals surface area contributed by atoms with E-state index in [-0.39, 0.29) is 12.1 Å². The molecule has 0 unspecified atom stereocenters. The van der Waals surface area contributed by atoms with Gasteiger partial charge in [0.25, 0.3) is 0 Å². The number of methoxy groups -OCH3 is 1. The molecule has 0 bridgehead atoms. The summed E-state index contributed by atoms with van der Waals surface area (Å²) in [6.45, 7) is 2.63. The zero-order chi connectivity index (χ0) is 14.0. The first-order valence-corrected chi connectivity index (χ1v) is 8.55. The van der Waals surface area contributed by atoms with Gasteiger partial charge in [0.05, 0.1) is 6.10 Å². The smallest absolute Gasteiger partial charge is 0.250 e. The van der Waals surface area contributed by atoms with E-state index in [0.717, 1.165) is 23.3 Å². The van der Waals surface area contributed by atoms with Gasteiger partial charge in [0, 0.05) is 24.6 Å². The van der Waals surface area contributed by atoms with Gasteiger partial charge in [-0.15, -0.1) is 11.3 Å². The lowest BCUT2D eigenvalue weighted by Crippen LogP contribution is -2.47. The molecule has 0 aromatic carbocycles. The van der Waals surface area contributed by atoms with Crippen LogP contribution in [0.15, 0.2) is 10.3 Å². The largest absolute Gasteiger partial charge is 0.381 e. The van der Waals surface area contributed by atoms with Gasteiger partial charge in [-0.1, -0.05) is 0 Å². The Labute approximate surface area is 118 Å². The number of ether oxygens (including phenoxy) is 1. The van der Waals surface area contributed by atoms with Gasteiger partial charge in [-0.05, 0) is 38.4 Å². The maximum absolute atomic E-state index is 12.2. The summed E-state index contributed by atoms with van der Waals surface area (Å²) >= 11 is 1.33. The average Bonchev–Trinajstić information content (AvgIpc) is 2.66. The van der Waals surface area contributed by atoms with Crippen molar-refractivity contribution in [2.24, 2.45) is 0 Å². The Balaban J connectivity index is 2.05. The Kier molecular flexibility index (Phi) is 4.62. The highest BCUT2D eigenvalue weighted by Gasteiger charge is 2.33. The van der Waals surface area contributed by atoms with E-state index in [4.69, 9.17) is 4.74 Å². The highest BCUT2D eigenvalue weighted by molar-refractivity contribution is 7.91. The van der Waals surface area contributed by atoms with Gasteiger partial charge >= 0.3 is 0 Å². The Bertz CT molecular complexity index is 533. The number of rotatable bonds is 6. The summed E-state index contributed by atoms with van der Waals surface area (Å²) in [4.78, 5) is 1.06. The Morgan fingerprint density at radius 2 is 2.16 bits per heavy atom. The Hall–Kier alpha value is -0.470. The molecule has 0 atom stereocenters. The molecule has 108 valence electrons. The molecule has 0 aliphatic heterocycles. The Morgan fingerprint density at radius 1 is 1.47 bits per heavy atom. The SMILES string of the molecule is CNCc1sc(S(=O)(=O)NC2CC(OC)C2)cc1C. The number of aryl methyl sites for hydroxylation is 1. The van der Waals surface area contributed by atoms with Crippen molar-refractivity contribution in [1.82, 2.24) is 10.0 Å². The van der Waals surface area contributed by atoms with Crippen molar-refractivity contribution in [3.05, 3.63) is 16.5 Å². The highest BCUT2D eigenvalue weighted by atomic mass is 32.2. The van der Waals surface area contributed by atoms with Gasteiger partial charge < -0.3 is 10.1 Å². The molecular formula is C12H20N2O3S2. The first kappa shape index (κ1) is 14.9. The van der Waals surface area contributed by atoms with E-state index in [1.807, 2.05) is 14.0 Å². The standard InChI is InChI=1S/C12H20N2O3S2/c1-8-4-12(18-11(8)7-13-2)19(15,16)14-9-5-10(6-9)17-3/h4,9-10,13-14H,5-7H2,1-3H3. The molecule has 0 amide bonds. The summed E-state index contributed by atoms with van der Waals surface area (Å²) < 4.78 is 32.8. The third-order valence-corrected chi connectivity index (χ3v) is 6.58. The van der Waals surface area contributed by atoms with Crippen LogP contribution in [-0.4, -0.2) is 34.7 Å². The minimum atomic E-state index is -3.39. The van der Waals surface area contributed by atoms with E-state index < -0.39 is 10.0 Å². The van der Waals surface area contributed by atoms with Crippen LogP contribution in [0.5, 0.6) is 0 Å². The molecular weight excluding hydrogens is 284 g/mol. The fourth-order valence-electron chi connectivity index (χ4n) is 2.09. The topological polar surface area (TPSA) is 67.4 Å². The monoisotopic (exact) mass is 304 g/mol. The van der Waals surface area contributed by atoms with Gasteiger partial charge in [-0.2, -0.15) is 0 Å². The van der Waals surface area contributed by atoms with Crippen LogP contribution >= 0.6 is 11.3 Å². The van der Waals surface area contributed by atoms with Crippen LogP contribution in [0.3, 0.4) is 0 Å². The van der Waals surface area contributed by atoms with Crippen LogP contribution < -0.4 is 10.0 Å². The second kappa shape index (κ2) is 5.88. The summed E-state index contributed by atoms with van der Waals surface area (Å²) in [5, 5.41) is 3.04. The lowest BCUT2D eigenvalue weighted by atomic mass is 9.90. The molecule has 1 aliphatic carbocycles. The number of thiophene rings is 1. The van der Waals surface area contributed by atoms with Gasteiger partial charge in [0.15, 0.2) is 0 Å². The van der Waals surface area contributed by atoms with Crippen molar-refractivity contribution >= 4 is 21.4 Å². The molecule has 1 heterocycles. The van der Waals surface area contributed by atoms with E-state index in [0.29, 0.717) is 10.8 Å². The van der Waals surface area contributed by atoms with Crippen LogP contribution in [0.1, 0.15) is 23.3 Å². The van der Waals surface area contributed by atoms with Gasteiger partial charge in [-0.25, -0.2) is 13.1 Å². The van der Waals surface area contributed by atoms with Crippen molar-refractivity contribution in [2.75, 3.05) is 14.2 Å². The van der Waals surface area contributed by atoms with E-state index in [1.54, 1.807) is 13.2 Å².